The lowest BCUT2D eigenvalue weighted by Crippen LogP contribution is -2.35. The third kappa shape index (κ3) is 2.91. The first-order chi connectivity index (χ1) is 9.84. The number of ether oxygens (including phenoxy) is 1. The minimum atomic E-state index is -0.00314. The maximum absolute atomic E-state index is 12.1. The van der Waals surface area contributed by atoms with Crippen molar-refractivity contribution in [2.75, 3.05) is 19.8 Å². The number of hydrogen-bond acceptors (Lipinski definition) is 4. The van der Waals surface area contributed by atoms with Crippen LogP contribution in [0.15, 0.2) is 36.0 Å². The second-order valence-corrected chi connectivity index (χ2v) is 5.80. The van der Waals surface area contributed by atoms with Crippen molar-refractivity contribution in [3.8, 4) is 0 Å². The summed E-state index contributed by atoms with van der Waals surface area (Å²) in [5, 5.41) is 9.36. The van der Waals surface area contributed by atoms with Crippen LogP contribution in [-0.4, -0.2) is 35.4 Å². The zero-order chi connectivity index (χ0) is 13.8. The Labute approximate surface area is 121 Å². The van der Waals surface area contributed by atoms with E-state index in [9.17, 15) is 4.79 Å². The molecular formula is C14H17N3O2S. The van der Waals surface area contributed by atoms with Gasteiger partial charge in [-0.3, -0.25) is 9.48 Å². The number of amides is 1. The van der Waals surface area contributed by atoms with E-state index in [1.54, 1.807) is 17.5 Å². The van der Waals surface area contributed by atoms with Crippen LogP contribution in [0.4, 0.5) is 0 Å². The first kappa shape index (κ1) is 13.3. The summed E-state index contributed by atoms with van der Waals surface area (Å²) >= 11 is 1.68. The van der Waals surface area contributed by atoms with Crippen LogP contribution in [0.25, 0.3) is 0 Å². The SMILES string of the molecule is O=C(NC[C@H](c1cccs1)n1cccn1)[C@@H]1CCOC1. The van der Waals surface area contributed by atoms with Gasteiger partial charge in [0.15, 0.2) is 0 Å². The molecule has 1 saturated heterocycles. The van der Waals surface area contributed by atoms with Gasteiger partial charge in [0.2, 0.25) is 5.91 Å². The van der Waals surface area contributed by atoms with Crippen molar-refractivity contribution in [1.29, 1.82) is 0 Å². The Balaban J connectivity index is 1.66. The molecule has 0 aliphatic carbocycles. The number of carbonyl (C=O) groups is 1. The zero-order valence-corrected chi connectivity index (χ0v) is 11.9. The maximum atomic E-state index is 12.1. The normalized spacial score (nSPS) is 19.9. The number of aromatic nitrogens is 2. The molecule has 0 saturated carbocycles. The highest BCUT2D eigenvalue weighted by molar-refractivity contribution is 7.10. The Kier molecular flexibility index (Phi) is 4.13. The number of nitrogens with zero attached hydrogens (tertiary/aromatic N) is 2. The number of thiophene rings is 1. The number of carbonyl (C=O) groups excluding carboxylic acids is 1. The molecule has 3 rings (SSSR count). The molecular weight excluding hydrogens is 274 g/mol. The molecule has 0 aromatic carbocycles. The van der Waals surface area contributed by atoms with E-state index in [1.165, 1.54) is 4.88 Å². The lowest BCUT2D eigenvalue weighted by atomic mass is 10.1. The van der Waals surface area contributed by atoms with Crippen molar-refractivity contribution in [1.82, 2.24) is 15.1 Å². The molecule has 6 heteroatoms. The molecule has 2 aromatic heterocycles. The van der Waals surface area contributed by atoms with E-state index in [4.69, 9.17) is 4.74 Å². The van der Waals surface area contributed by atoms with Crippen LogP contribution in [0.5, 0.6) is 0 Å². The molecule has 20 heavy (non-hydrogen) atoms. The summed E-state index contributed by atoms with van der Waals surface area (Å²) in [4.78, 5) is 13.3. The average Bonchev–Trinajstić information content (AvgIpc) is 3.22. The van der Waals surface area contributed by atoms with Crippen LogP contribution >= 0.6 is 11.3 Å². The number of rotatable bonds is 5. The van der Waals surface area contributed by atoms with Gasteiger partial charge in [0.05, 0.1) is 12.5 Å². The van der Waals surface area contributed by atoms with Crippen molar-refractivity contribution in [3.63, 3.8) is 0 Å². The van der Waals surface area contributed by atoms with Crippen molar-refractivity contribution >= 4 is 17.2 Å². The zero-order valence-electron chi connectivity index (χ0n) is 11.1. The Hall–Kier alpha value is -1.66. The van der Waals surface area contributed by atoms with E-state index in [1.807, 2.05) is 28.4 Å². The first-order valence-corrected chi connectivity index (χ1v) is 7.60. The van der Waals surface area contributed by atoms with Crippen molar-refractivity contribution < 1.29 is 9.53 Å². The van der Waals surface area contributed by atoms with Gasteiger partial charge < -0.3 is 10.1 Å². The van der Waals surface area contributed by atoms with Crippen LogP contribution < -0.4 is 5.32 Å². The second kappa shape index (κ2) is 6.19. The molecule has 1 aliphatic rings. The fourth-order valence-electron chi connectivity index (χ4n) is 2.35. The molecule has 106 valence electrons. The van der Waals surface area contributed by atoms with Crippen molar-refractivity contribution in [3.05, 3.63) is 40.8 Å². The van der Waals surface area contributed by atoms with E-state index in [2.05, 4.69) is 16.5 Å². The molecule has 0 radical (unpaired) electrons. The van der Waals surface area contributed by atoms with Crippen molar-refractivity contribution in [2.24, 2.45) is 5.92 Å². The van der Waals surface area contributed by atoms with Gasteiger partial charge >= 0.3 is 0 Å². The summed E-state index contributed by atoms with van der Waals surface area (Å²) in [5.74, 6) is 0.0767. The van der Waals surface area contributed by atoms with E-state index in [0.29, 0.717) is 19.8 Å². The van der Waals surface area contributed by atoms with Crippen LogP contribution in [0.1, 0.15) is 17.3 Å². The molecule has 2 aromatic rings. The largest absolute Gasteiger partial charge is 0.381 e. The summed E-state index contributed by atoms with van der Waals surface area (Å²) in [7, 11) is 0. The van der Waals surface area contributed by atoms with Gasteiger partial charge in [-0.25, -0.2) is 0 Å². The van der Waals surface area contributed by atoms with Gasteiger partial charge in [0.25, 0.3) is 0 Å². The topological polar surface area (TPSA) is 56.2 Å². The average molecular weight is 291 g/mol. The predicted molar refractivity (Wildman–Crippen MR) is 76.6 cm³/mol. The minimum absolute atomic E-state index is 0.00314. The summed E-state index contributed by atoms with van der Waals surface area (Å²) in [6.45, 7) is 1.78. The fraction of sp³-hybridized carbons (Fsp3) is 0.429. The van der Waals surface area contributed by atoms with Crippen molar-refractivity contribution in [2.45, 2.75) is 12.5 Å². The van der Waals surface area contributed by atoms with Crippen LogP contribution in [-0.2, 0) is 9.53 Å². The van der Waals surface area contributed by atoms with Gasteiger partial charge in [-0.1, -0.05) is 6.07 Å². The van der Waals surface area contributed by atoms with Crippen LogP contribution in [0.3, 0.4) is 0 Å². The highest BCUT2D eigenvalue weighted by atomic mass is 32.1. The summed E-state index contributed by atoms with van der Waals surface area (Å²) in [5.41, 5.74) is 0. The molecule has 0 bridgehead atoms. The molecule has 2 atom stereocenters. The third-order valence-corrected chi connectivity index (χ3v) is 4.46. The standard InChI is InChI=1S/C14H17N3O2S/c18-14(11-4-7-19-10-11)15-9-12(13-3-1-8-20-13)17-6-2-5-16-17/h1-3,5-6,8,11-12H,4,7,9-10H2,(H,15,18)/t11-,12-/m1/s1. The highest BCUT2D eigenvalue weighted by Crippen LogP contribution is 2.22. The van der Waals surface area contributed by atoms with Gasteiger partial charge in [-0.15, -0.1) is 11.3 Å². The molecule has 5 nitrogen and oxygen atoms in total. The lowest BCUT2D eigenvalue weighted by molar-refractivity contribution is -0.125. The van der Waals surface area contributed by atoms with Gasteiger partial charge in [-0.2, -0.15) is 5.10 Å². The van der Waals surface area contributed by atoms with Gasteiger partial charge in [-0.05, 0) is 23.9 Å². The predicted octanol–water partition coefficient (Wildman–Crippen LogP) is 1.69. The summed E-state index contributed by atoms with van der Waals surface area (Å²) in [6.07, 6.45) is 4.50. The number of hydrogen-bond donors (Lipinski definition) is 1. The lowest BCUT2D eigenvalue weighted by Gasteiger charge is -2.18. The summed E-state index contributed by atoms with van der Waals surface area (Å²) < 4.78 is 7.14. The number of nitrogens with one attached hydrogen (secondary N) is 1. The second-order valence-electron chi connectivity index (χ2n) is 4.82. The van der Waals surface area contributed by atoms with E-state index in [-0.39, 0.29) is 17.9 Å². The smallest absolute Gasteiger partial charge is 0.225 e. The molecule has 0 unspecified atom stereocenters. The summed E-state index contributed by atoms with van der Waals surface area (Å²) in [6, 6.07) is 6.04. The Morgan fingerprint density at radius 2 is 2.55 bits per heavy atom. The quantitative estimate of drug-likeness (QED) is 0.912. The van der Waals surface area contributed by atoms with E-state index < -0.39 is 0 Å². The monoisotopic (exact) mass is 291 g/mol. The first-order valence-electron chi connectivity index (χ1n) is 6.72. The molecule has 1 aliphatic heterocycles. The molecule has 1 fully saturated rings. The maximum Gasteiger partial charge on any atom is 0.225 e. The molecule has 1 N–H and O–H groups in total. The van der Waals surface area contributed by atoms with Crippen LogP contribution in [0, 0.1) is 5.92 Å². The van der Waals surface area contributed by atoms with E-state index in [0.717, 1.165) is 6.42 Å². The highest BCUT2D eigenvalue weighted by Gasteiger charge is 2.24. The molecule has 0 spiro atoms. The van der Waals surface area contributed by atoms with Gasteiger partial charge in [0.1, 0.15) is 6.04 Å². The molecule has 1 amide bonds. The minimum Gasteiger partial charge on any atom is -0.381 e. The van der Waals surface area contributed by atoms with Gasteiger partial charge in [0, 0.05) is 30.4 Å². The fourth-order valence-corrected chi connectivity index (χ4v) is 3.17. The van der Waals surface area contributed by atoms with E-state index >= 15 is 0 Å². The Morgan fingerprint density at radius 3 is 3.20 bits per heavy atom. The van der Waals surface area contributed by atoms with Crippen LogP contribution in [0.2, 0.25) is 0 Å². The third-order valence-electron chi connectivity index (χ3n) is 3.49. The Morgan fingerprint density at radius 1 is 1.60 bits per heavy atom. The Bertz CT molecular complexity index is 499. The molecule has 3 heterocycles.